The number of carbonyl (C=O) groups excluding carboxylic acids is 3. The second-order valence-corrected chi connectivity index (χ2v) is 9.11. The van der Waals surface area contributed by atoms with E-state index in [1.54, 1.807) is 6.92 Å². The number of hydrogen-bond donors (Lipinski definition) is 0. The molecule has 3 aliphatic rings. The normalized spacial score (nSPS) is 26.0. The maximum absolute atomic E-state index is 13.1. The molecular formula is C20H26N2O3S. The number of amides is 2. The van der Waals surface area contributed by atoms with Crippen LogP contribution in [0.25, 0.3) is 0 Å². The van der Waals surface area contributed by atoms with E-state index in [1.165, 1.54) is 24.2 Å². The Morgan fingerprint density at radius 3 is 2.77 bits per heavy atom. The monoisotopic (exact) mass is 374 g/mol. The summed E-state index contributed by atoms with van der Waals surface area (Å²) in [4.78, 5) is 41.8. The van der Waals surface area contributed by atoms with E-state index in [0.717, 1.165) is 37.9 Å². The number of ketones is 1. The molecule has 1 atom stereocenters. The summed E-state index contributed by atoms with van der Waals surface area (Å²) >= 11 is 1.39. The van der Waals surface area contributed by atoms with Crippen molar-refractivity contribution in [1.82, 2.24) is 9.80 Å². The van der Waals surface area contributed by atoms with Crippen molar-refractivity contribution >= 4 is 28.9 Å². The molecule has 140 valence electrons. The van der Waals surface area contributed by atoms with Crippen LogP contribution in [0, 0.1) is 11.3 Å². The van der Waals surface area contributed by atoms with Gasteiger partial charge in [-0.3, -0.25) is 14.4 Å². The molecule has 5 nitrogen and oxygen atoms in total. The van der Waals surface area contributed by atoms with Gasteiger partial charge in [0.15, 0.2) is 5.78 Å². The molecule has 0 radical (unpaired) electrons. The maximum atomic E-state index is 13.1. The molecule has 4 rings (SSSR count). The van der Waals surface area contributed by atoms with Gasteiger partial charge in [0, 0.05) is 26.2 Å². The van der Waals surface area contributed by atoms with Crippen LogP contribution in [0.1, 0.15) is 54.3 Å². The zero-order valence-corrected chi connectivity index (χ0v) is 16.1. The highest BCUT2D eigenvalue weighted by molar-refractivity contribution is 7.12. The first-order chi connectivity index (χ1) is 12.5. The van der Waals surface area contributed by atoms with Gasteiger partial charge in [0.1, 0.15) is 0 Å². The molecule has 1 aromatic rings. The molecule has 3 heterocycles. The molecule has 2 amide bonds. The highest BCUT2D eigenvalue weighted by Gasteiger charge is 2.49. The van der Waals surface area contributed by atoms with Gasteiger partial charge in [0.25, 0.3) is 0 Å². The smallest absolute Gasteiger partial charge is 0.230 e. The summed E-state index contributed by atoms with van der Waals surface area (Å²) in [5.41, 5.74) is 0.554. The summed E-state index contributed by atoms with van der Waals surface area (Å²) in [6.45, 7) is 4.58. The molecule has 0 bridgehead atoms. The first kappa shape index (κ1) is 17.7. The molecule has 1 spiro atoms. The number of carbonyl (C=O) groups is 3. The van der Waals surface area contributed by atoms with Crippen molar-refractivity contribution < 1.29 is 14.4 Å². The highest BCUT2D eigenvalue weighted by Crippen LogP contribution is 2.41. The van der Waals surface area contributed by atoms with Crippen LogP contribution in [-0.2, 0) is 16.0 Å². The van der Waals surface area contributed by atoms with Crippen LogP contribution in [0.2, 0.25) is 0 Å². The lowest BCUT2D eigenvalue weighted by molar-refractivity contribution is -0.146. The Labute approximate surface area is 158 Å². The van der Waals surface area contributed by atoms with Crippen LogP contribution in [0.15, 0.2) is 11.4 Å². The SMILES string of the molecule is CC(=O)c1cc(CC(=O)N2CC[C@]3(CCCN(CC4CC4)C3=O)C2)cs1. The molecule has 26 heavy (non-hydrogen) atoms. The quantitative estimate of drug-likeness (QED) is 0.745. The summed E-state index contributed by atoms with van der Waals surface area (Å²) in [5.74, 6) is 1.10. The topological polar surface area (TPSA) is 57.7 Å². The number of Topliss-reactive ketones (excluding diaryl/α,β-unsaturated/α-hetero) is 1. The van der Waals surface area contributed by atoms with Crippen molar-refractivity contribution in [1.29, 1.82) is 0 Å². The average molecular weight is 375 g/mol. The molecule has 2 aliphatic heterocycles. The maximum Gasteiger partial charge on any atom is 0.230 e. The second-order valence-electron chi connectivity index (χ2n) is 8.20. The van der Waals surface area contributed by atoms with E-state index in [9.17, 15) is 14.4 Å². The van der Waals surface area contributed by atoms with Crippen molar-refractivity contribution in [2.75, 3.05) is 26.2 Å². The first-order valence-electron chi connectivity index (χ1n) is 9.62. The van der Waals surface area contributed by atoms with E-state index in [2.05, 4.69) is 4.90 Å². The largest absolute Gasteiger partial charge is 0.342 e. The van der Waals surface area contributed by atoms with Gasteiger partial charge >= 0.3 is 0 Å². The lowest BCUT2D eigenvalue weighted by atomic mass is 9.78. The van der Waals surface area contributed by atoms with Gasteiger partial charge in [-0.2, -0.15) is 0 Å². The van der Waals surface area contributed by atoms with Crippen LogP contribution in [0.3, 0.4) is 0 Å². The summed E-state index contributed by atoms with van der Waals surface area (Å²) < 4.78 is 0. The van der Waals surface area contributed by atoms with Crippen LogP contribution < -0.4 is 0 Å². The van der Waals surface area contributed by atoms with E-state index in [-0.39, 0.29) is 23.0 Å². The molecule has 0 aromatic carbocycles. The Morgan fingerprint density at radius 2 is 2.08 bits per heavy atom. The molecular weight excluding hydrogens is 348 g/mol. The average Bonchev–Trinajstić information content (AvgIpc) is 3.13. The fourth-order valence-electron chi connectivity index (χ4n) is 4.34. The highest BCUT2D eigenvalue weighted by atomic mass is 32.1. The lowest BCUT2D eigenvalue weighted by Crippen LogP contribution is -2.51. The minimum absolute atomic E-state index is 0.0392. The van der Waals surface area contributed by atoms with Crippen molar-refractivity contribution in [3.8, 4) is 0 Å². The van der Waals surface area contributed by atoms with Gasteiger partial charge in [-0.25, -0.2) is 0 Å². The molecule has 3 fully saturated rings. The predicted octanol–water partition coefficient (Wildman–Crippen LogP) is 2.74. The molecule has 0 N–H and O–H groups in total. The van der Waals surface area contributed by atoms with Crippen LogP contribution in [0.5, 0.6) is 0 Å². The predicted molar refractivity (Wildman–Crippen MR) is 100 cm³/mol. The van der Waals surface area contributed by atoms with Crippen LogP contribution >= 0.6 is 11.3 Å². The zero-order chi connectivity index (χ0) is 18.3. The van der Waals surface area contributed by atoms with E-state index >= 15 is 0 Å². The van der Waals surface area contributed by atoms with E-state index in [1.807, 2.05) is 16.3 Å². The van der Waals surface area contributed by atoms with E-state index in [0.29, 0.717) is 30.3 Å². The number of hydrogen-bond acceptors (Lipinski definition) is 4. The van der Waals surface area contributed by atoms with Crippen molar-refractivity contribution in [2.24, 2.45) is 11.3 Å². The first-order valence-corrected chi connectivity index (χ1v) is 10.5. The molecule has 0 unspecified atom stereocenters. The van der Waals surface area contributed by atoms with E-state index in [4.69, 9.17) is 0 Å². The number of piperidine rings is 1. The number of likely N-dealkylation sites (tertiary alicyclic amines) is 2. The Kier molecular flexibility index (Phi) is 4.63. The number of nitrogens with zero attached hydrogens (tertiary/aromatic N) is 2. The summed E-state index contributed by atoms with van der Waals surface area (Å²) in [7, 11) is 0. The molecule has 1 aliphatic carbocycles. The molecule has 1 aromatic heterocycles. The van der Waals surface area contributed by atoms with Gasteiger partial charge in [0.2, 0.25) is 11.8 Å². The summed E-state index contributed by atoms with van der Waals surface area (Å²) in [6.07, 6.45) is 5.58. The lowest BCUT2D eigenvalue weighted by Gasteiger charge is -2.39. The van der Waals surface area contributed by atoms with Gasteiger partial charge in [0.05, 0.1) is 16.7 Å². The fourth-order valence-corrected chi connectivity index (χ4v) is 5.16. The zero-order valence-electron chi connectivity index (χ0n) is 15.3. The van der Waals surface area contributed by atoms with Gasteiger partial charge in [-0.15, -0.1) is 11.3 Å². The Bertz CT molecular complexity index is 739. The van der Waals surface area contributed by atoms with Gasteiger partial charge < -0.3 is 9.80 Å². The minimum Gasteiger partial charge on any atom is -0.342 e. The Hall–Kier alpha value is -1.69. The third-order valence-corrected chi connectivity index (χ3v) is 7.14. The Balaban J connectivity index is 1.39. The molecule has 1 saturated carbocycles. The third-order valence-electron chi connectivity index (χ3n) is 6.06. The van der Waals surface area contributed by atoms with Crippen molar-refractivity contribution in [3.05, 3.63) is 21.9 Å². The third kappa shape index (κ3) is 3.43. The van der Waals surface area contributed by atoms with Crippen LogP contribution in [0.4, 0.5) is 0 Å². The fraction of sp³-hybridized carbons (Fsp3) is 0.650. The molecule has 6 heteroatoms. The molecule has 2 saturated heterocycles. The number of rotatable bonds is 5. The minimum atomic E-state index is -0.345. The van der Waals surface area contributed by atoms with Crippen molar-refractivity contribution in [3.63, 3.8) is 0 Å². The summed E-state index contributed by atoms with van der Waals surface area (Å²) in [6, 6.07) is 1.82. The summed E-state index contributed by atoms with van der Waals surface area (Å²) in [5, 5.41) is 1.89. The number of thiophene rings is 1. The van der Waals surface area contributed by atoms with Gasteiger partial charge in [-0.05, 0) is 62.0 Å². The van der Waals surface area contributed by atoms with Crippen LogP contribution in [-0.4, -0.2) is 53.6 Å². The van der Waals surface area contributed by atoms with Gasteiger partial charge in [-0.1, -0.05) is 0 Å². The van der Waals surface area contributed by atoms with E-state index < -0.39 is 0 Å². The standard InChI is InChI=1S/C20H26N2O3S/c1-14(23)17-9-16(12-26-17)10-18(24)22-8-6-20(13-22)5-2-7-21(19(20)25)11-15-3-4-15/h9,12,15H,2-8,10-11,13H2,1H3/t20-/m1/s1. The second kappa shape index (κ2) is 6.80. The van der Waals surface area contributed by atoms with Crippen molar-refractivity contribution in [2.45, 2.75) is 45.4 Å². The Morgan fingerprint density at radius 1 is 1.27 bits per heavy atom.